The van der Waals surface area contributed by atoms with Crippen molar-refractivity contribution in [2.24, 2.45) is 0 Å². The van der Waals surface area contributed by atoms with Crippen LogP contribution in [0.4, 0.5) is 0 Å². The summed E-state index contributed by atoms with van der Waals surface area (Å²) < 4.78 is 16.6. The average molecular weight is 349 g/mol. The molecule has 0 saturated carbocycles. The molecule has 5 nitrogen and oxygen atoms in total. The van der Waals surface area contributed by atoms with Crippen molar-refractivity contribution < 1.29 is 18.7 Å². The molecule has 1 amide bonds. The van der Waals surface area contributed by atoms with Crippen molar-refractivity contribution in [3.05, 3.63) is 72.2 Å². The zero-order chi connectivity index (χ0) is 17.9. The first-order valence-corrected chi connectivity index (χ1v) is 8.55. The van der Waals surface area contributed by atoms with E-state index in [0.717, 1.165) is 22.4 Å². The molecule has 1 aliphatic rings. The molecule has 0 aliphatic carbocycles. The molecular formula is C21H19NO4. The molecule has 0 saturated heterocycles. The minimum Gasteiger partial charge on any atom is -0.486 e. The third-order valence-electron chi connectivity index (χ3n) is 4.37. The van der Waals surface area contributed by atoms with Gasteiger partial charge in [-0.2, -0.15) is 0 Å². The van der Waals surface area contributed by atoms with E-state index < -0.39 is 0 Å². The largest absolute Gasteiger partial charge is 0.486 e. The Morgan fingerprint density at radius 2 is 1.77 bits per heavy atom. The number of fused-ring (bicyclic) bond motifs is 1. The van der Waals surface area contributed by atoms with Gasteiger partial charge in [-0.05, 0) is 36.2 Å². The zero-order valence-electron chi connectivity index (χ0n) is 14.4. The second kappa shape index (κ2) is 6.96. The molecule has 1 atom stereocenters. The maximum Gasteiger partial charge on any atom is 0.288 e. The highest BCUT2D eigenvalue weighted by molar-refractivity contribution is 5.98. The molecule has 2 heterocycles. The van der Waals surface area contributed by atoms with Crippen LogP contribution in [-0.2, 0) is 0 Å². The van der Waals surface area contributed by atoms with Crippen LogP contribution in [0.15, 0.2) is 65.3 Å². The van der Waals surface area contributed by atoms with Crippen LogP contribution in [0.5, 0.6) is 11.5 Å². The summed E-state index contributed by atoms with van der Waals surface area (Å²) in [7, 11) is 0. The highest BCUT2D eigenvalue weighted by Gasteiger charge is 2.20. The summed E-state index contributed by atoms with van der Waals surface area (Å²) >= 11 is 0. The molecule has 5 heteroatoms. The SMILES string of the molecule is CC(NC(=O)c1occc1-c1ccccc1)c1ccc2c(c1)OCCO2. The van der Waals surface area contributed by atoms with Crippen molar-refractivity contribution in [2.75, 3.05) is 13.2 Å². The highest BCUT2D eigenvalue weighted by Crippen LogP contribution is 2.33. The Kier molecular flexibility index (Phi) is 4.35. The molecule has 132 valence electrons. The molecule has 0 bridgehead atoms. The van der Waals surface area contributed by atoms with Crippen molar-refractivity contribution in [1.82, 2.24) is 5.32 Å². The molecule has 0 fully saturated rings. The first-order chi connectivity index (χ1) is 12.7. The molecule has 0 spiro atoms. The minimum absolute atomic E-state index is 0.202. The lowest BCUT2D eigenvalue weighted by atomic mass is 10.0. The van der Waals surface area contributed by atoms with Gasteiger partial charge in [-0.1, -0.05) is 36.4 Å². The van der Waals surface area contributed by atoms with Crippen molar-refractivity contribution in [1.29, 1.82) is 0 Å². The van der Waals surface area contributed by atoms with Gasteiger partial charge in [0.25, 0.3) is 5.91 Å². The van der Waals surface area contributed by atoms with Gasteiger partial charge in [0.05, 0.1) is 12.3 Å². The smallest absolute Gasteiger partial charge is 0.288 e. The van der Waals surface area contributed by atoms with Crippen LogP contribution in [0.25, 0.3) is 11.1 Å². The first kappa shape index (κ1) is 16.3. The minimum atomic E-state index is -0.253. The van der Waals surface area contributed by atoms with Gasteiger partial charge in [0.2, 0.25) is 0 Å². The lowest BCUT2D eigenvalue weighted by molar-refractivity contribution is 0.0912. The topological polar surface area (TPSA) is 60.7 Å². The Morgan fingerprint density at radius 1 is 1.00 bits per heavy atom. The van der Waals surface area contributed by atoms with Crippen LogP contribution in [0.1, 0.15) is 29.1 Å². The quantitative estimate of drug-likeness (QED) is 0.766. The van der Waals surface area contributed by atoms with Gasteiger partial charge in [0.1, 0.15) is 13.2 Å². The van der Waals surface area contributed by atoms with Crippen LogP contribution < -0.4 is 14.8 Å². The van der Waals surface area contributed by atoms with E-state index in [1.165, 1.54) is 6.26 Å². The number of ether oxygens (including phenoxy) is 2. The van der Waals surface area contributed by atoms with Crippen molar-refractivity contribution >= 4 is 5.91 Å². The van der Waals surface area contributed by atoms with Gasteiger partial charge in [-0.3, -0.25) is 4.79 Å². The Labute approximate surface area is 151 Å². The number of rotatable bonds is 4. The molecule has 1 aliphatic heterocycles. The van der Waals surface area contributed by atoms with Crippen LogP contribution >= 0.6 is 0 Å². The van der Waals surface area contributed by atoms with Crippen molar-refractivity contribution in [3.8, 4) is 22.6 Å². The fourth-order valence-electron chi connectivity index (χ4n) is 3.00. The monoisotopic (exact) mass is 349 g/mol. The second-order valence-corrected chi connectivity index (χ2v) is 6.13. The molecule has 2 aromatic carbocycles. The van der Waals surface area contributed by atoms with Gasteiger partial charge in [-0.15, -0.1) is 0 Å². The summed E-state index contributed by atoms with van der Waals surface area (Å²) in [6.45, 7) is 3.01. The van der Waals surface area contributed by atoms with Gasteiger partial charge >= 0.3 is 0 Å². The number of nitrogens with one attached hydrogen (secondary N) is 1. The van der Waals surface area contributed by atoms with Gasteiger partial charge in [-0.25, -0.2) is 0 Å². The van der Waals surface area contributed by atoms with E-state index >= 15 is 0 Å². The molecular weight excluding hydrogens is 330 g/mol. The standard InChI is InChI=1S/C21H19NO4/c1-14(16-7-8-18-19(13-16)25-12-11-24-18)22-21(23)20-17(9-10-26-20)15-5-3-2-4-6-15/h2-10,13-14H,11-12H2,1H3,(H,22,23). The first-order valence-electron chi connectivity index (χ1n) is 8.55. The zero-order valence-corrected chi connectivity index (χ0v) is 14.4. The maximum absolute atomic E-state index is 12.7. The van der Waals surface area contributed by atoms with Gasteiger partial charge in [0.15, 0.2) is 17.3 Å². The third kappa shape index (κ3) is 3.16. The van der Waals surface area contributed by atoms with Gasteiger partial charge < -0.3 is 19.2 Å². The Hall–Kier alpha value is -3.21. The molecule has 1 N–H and O–H groups in total. The third-order valence-corrected chi connectivity index (χ3v) is 4.37. The van der Waals surface area contributed by atoms with E-state index in [9.17, 15) is 4.79 Å². The van der Waals surface area contributed by atoms with Crippen LogP contribution in [-0.4, -0.2) is 19.1 Å². The average Bonchev–Trinajstić information content (AvgIpc) is 3.18. The summed E-state index contributed by atoms with van der Waals surface area (Å²) in [5.74, 6) is 1.49. The highest BCUT2D eigenvalue weighted by atomic mass is 16.6. The Morgan fingerprint density at radius 3 is 2.58 bits per heavy atom. The summed E-state index contributed by atoms with van der Waals surface area (Å²) in [4.78, 5) is 12.7. The number of furan rings is 1. The van der Waals surface area contributed by atoms with E-state index in [1.54, 1.807) is 6.07 Å². The molecule has 1 unspecified atom stereocenters. The van der Waals surface area contributed by atoms with Gasteiger partial charge in [0, 0.05) is 5.56 Å². The summed E-state index contributed by atoms with van der Waals surface area (Å²) in [5.41, 5.74) is 2.66. The number of carbonyl (C=O) groups is 1. The van der Waals surface area contributed by atoms with Crippen LogP contribution in [0, 0.1) is 0 Å². The summed E-state index contributed by atoms with van der Waals surface area (Å²) in [6, 6.07) is 17.0. The fraction of sp³-hybridized carbons (Fsp3) is 0.190. The molecule has 0 radical (unpaired) electrons. The van der Waals surface area contributed by atoms with Crippen LogP contribution in [0.2, 0.25) is 0 Å². The fourth-order valence-corrected chi connectivity index (χ4v) is 3.00. The predicted molar refractivity (Wildman–Crippen MR) is 97.5 cm³/mol. The Bertz CT molecular complexity index is 917. The van der Waals surface area contributed by atoms with E-state index in [1.807, 2.05) is 55.5 Å². The number of amides is 1. The van der Waals surface area contributed by atoms with Crippen molar-refractivity contribution in [2.45, 2.75) is 13.0 Å². The molecule has 4 rings (SSSR count). The lowest BCUT2D eigenvalue weighted by Crippen LogP contribution is -2.27. The maximum atomic E-state index is 12.7. The number of hydrogen-bond acceptors (Lipinski definition) is 4. The van der Waals surface area contributed by atoms with Crippen LogP contribution in [0.3, 0.4) is 0 Å². The van der Waals surface area contributed by atoms with E-state index in [4.69, 9.17) is 13.9 Å². The van der Waals surface area contributed by atoms with E-state index in [0.29, 0.717) is 24.7 Å². The molecule has 26 heavy (non-hydrogen) atoms. The summed E-state index contributed by atoms with van der Waals surface area (Å²) in [5, 5.41) is 2.99. The lowest BCUT2D eigenvalue weighted by Gasteiger charge is -2.21. The second-order valence-electron chi connectivity index (χ2n) is 6.13. The normalized spacial score (nSPS) is 13.9. The van der Waals surface area contributed by atoms with E-state index in [-0.39, 0.29) is 11.9 Å². The Balaban J connectivity index is 1.53. The molecule has 3 aromatic rings. The molecule has 1 aromatic heterocycles. The van der Waals surface area contributed by atoms with Crippen molar-refractivity contribution in [3.63, 3.8) is 0 Å². The number of carbonyl (C=O) groups excluding carboxylic acids is 1. The number of hydrogen-bond donors (Lipinski definition) is 1. The van der Waals surface area contributed by atoms with E-state index in [2.05, 4.69) is 5.32 Å². The number of benzene rings is 2. The predicted octanol–water partition coefficient (Wildman–Crippen LogP) is 4.21. The summed E-state index contributed by atoms with van der Waals surface area (Å²) in [6.07, 6.45) is 1.53.